The number of sulfonamides is 1. The standard InChI is InChI=1S/C25H26O3S2.C24H26O3S2.C24H26O2S2.C22H23NO3S2/c1-18(26)21-12-10-19(11-13-21)16-20-6-5-7-22(17-20)24-14-15-25(29-24)30(27,28)23-8-3-2-4-9-23;1-27-21-10-6-8-19(17-21)15-18-7-5-9-20(16-18)23-13-14-24(28-23)29(25,26)22-11-3-2-4-12-22;1-18-10-12-19(13-11-18)16-20-6-5-7-21(17-20)23-14-15-24(27-23)28(25,26)22-8-3-2-4-9-22;24-20-9-5-7-18(16-20)14-17-6-4-8-19(15-17)21-10-11-22(27-21)28(25,26)23-12-2-1-3-13-23/h5-7,10-15,17,23H,2-4,8-9,16H2,1H3;5-10,13-14,16-17,22H,2-4,11-12,15H2,1H3;5-7,10-15,17,22H,2-4,8-9,16H2,1H3;4-11,15-16,24H,1-3,12-14H2. The highest BCUT2D eigenvalue weighted by Gasteiger charge is 2.34. The molecule has 0 bridgehead atoms. The lowest BCUT2D eigenvalue weighted by atomic mass is 10.0. The van der Waals surface area contributed by atoms with Crippen molar-refractivity contribution in [1.29, 1.82) is 0 Å². The van der Waals surface area contributed by atoms with Crippen LogP contribution in [0, 0.1) is 6.92 Å². The topological polar surface area (TPSA) is 186 Å². The summed E-state index contributed by atoms with van der Waals surface area (Å²) in [6, 6.07) is 79.7. The lowest BCUT2D eigenvalue weighted by Gasteiger charge is -2.25. The molecule has 0 unspecified atom stereocenters. The van der Waals surface area contributed by atoms with Crippen molar-refractivity contribution < 1.29 is 48.3 Å². The van der Waals surface area contributed by atoms with Gasteiger partial charge in [0.15, 0.2) is 35.3 Å². The maximum absolute atomic E-state index is 13.0. The number of benzene rings is 8. The van der Waals surface area contributed by atoms with Gasteiger partial charge in [0, 0.05) is 38.2 Å². The average Bonchev–Trinajstić information content (AvgIpc) is 1.58. The van der Waals surface area contributed by atoms with Crippen molar-refractivity contribution in [2.45, 2.75) is 188 Å². The van der Waals surface area contributed by atoms with Crippen molar-refractivity contribution in [3.05, 3.63) is 298 Å². The van der Waals surface area contributed by atoms with E-state index in [2.05, 4.69) is 97.9 Å². The zero-order valence-electron chi connectivity index (χ0n) is 65.5. The highest BCUT2D eigenvalue weighted by atomic mass is 32.3. The molecule has 1 saturated heterocycles. The molecule has 115 heavy (non-hydrogen) atoms. The van der Waals surface area contributed by atoms with Crippen LogP contribution >= 0.6 is 45.3 Å². The minimum atomic E-state index is -3.39. The second-order valence-electron chi connectivity index (χ2n) is 30.6. The van der Waals surface area contributed by atoms with E-state index >= 15 is 0 Å². The van der Waals surface area contributed by atoms with Crippen LogP contribution in [0.3, 0.4) is 0 Å². The largest absolute Gasteiger partial charge is 0.508 e. The molecule has 600 valence electrons. The molecule has 3 saturated carbocycles. The molecule has 1 aliphatic heterocycles. The summed E-state index contributed by atoms with van der Waals surface area (Å²) >= 11 is 5.53. The van der Waals surface area contributed by atoms with Crippen molar-refractivity contribution in [3.8, 4) is 53.3 Å². The van der Waals surface area contributed by atoms with Crippen LogP contribution < -0.4 is 4.74 Å². The van der Waals surface area contributed by atoms with E-state index in [0.29, 0.717) is 36.3 Å². The van der Waals surface area contributed by atoms with E-state index in [1.54, 1.807) is 54.7 Å². The number of piperidine rings is 1. The van der Waals surface area contributed by atoms with Gasteiger partial charge in [0.1, 0.15) is 28.3 Å². The molecule has 8 aromatic carbocycles. The third kappa shape index (κ3) is 22.3. The number of sulfone groups is 3. The number of hydrogen-bond donors (Lipinski definition) is 1. The first-order chi connectivity index (χ1) is 55.5. The Morgan fingerprint density at radius 2 is 0.670 bits per heavy atom. The Morgan fingerprint density at radius 1 is 0.357 bits per heavy atom. The second kappa shape index (κ2) is 39.2. The zero-order chi connectivity index (χ0) is 80.5. The SMILES string of the molecule is CC(=O)c1ccc(Cc2cccc(-c3ccc(S(=O)(=O)C4CCCCC4)s3)c2)cc1.COc1cccc(Cc2cccc(-c3ccc(S(=O)(=O)C4CCCCC4)s3)c2)c1.Cc1ccc(Cc2cccc(-c3ccc(S(=O)(=O)C4CCCCC4)s3)c2)cc1.O=S(=O)(c1ccc(-c2cccc(Cc3cccc(O)c3)c2)s1)N1CCCCC1. The fourth-order valence-corrected chi connectivity index (χ4v) is 28.9. The number of thiophene rings is 4. The van der Waals surface area contributed by atoms with Crippen LogP contribution in [0.4, 0.5) is 0 Å². The molecule has 20 heteroatoms. The summed E-state index contributed by atoms with van der Waals surface area (Å²) < 4.78 is 113. The maximum Gasteiger partial charge on any atom is 0.252 e. The molecule has 4 aromatic heterocycles. The molecule has 0 radical (unpaired) electrons. The summed E-state index contributed by atoms with van der Waals surface area (Å²) in [5, 5.41) is 9.03. The van der Waals surface area contributed by atoms with Crippen molar-refractivity contribution in [3.63, 3.8) is 0 Å². The van der Waals surface area contributed by atoms with Crippen LogP contribution in [0.2, 0.25) is 0 Å². The van der Waals surface area contributed by atoms with Gasteiger partial charge in [-0.3, -0.25) is 4.79 Å². The highest BCUT2D eigenvalue weighted by Crippen LogP contribution is 2.41. The lowest BCUT2D eigenvalue weighted by molar-refractivity contribution is 0.101. The third-order valence-corrected chi connectivity index (χ3v) is 37.3. The fraction of sp³-hybridized carbons (Fsp3) is 0.316. The second-order valence-corrected chi connectivity index (χ2v) is 44.5. The number of phenols is 1. The predicted molar refractivity (Wildman–Crippen MR) is 474 cm³/mol. The number of aryl methyl sites for hydroxylation is 1. The molecule has 16 rings (SSSR count). The van der Waals surface area contributed by atoms with Crippen LogP contribution in [0.5, 0.6) is 11.5 Å². The van der Waals surface area contributed by atoms with Gasteiger partial charge in [-0.2, -0.15) is 4.31 Å². The van der Waals surface area contributed by atoms with Gasteiger partial charge in [0.05, 0.1) is 22.9 Å². The van der Waals surface area contributed by atoms with Gasteiger partial charge in [-0.05, 0) is 230 Å². The Balaban J connectivity index is 0.000000134. The molecule has 1 N–H and O–H groups in total. The van der Waals surface area contributed by atoms with Gasteiger partial charge in [0.2, 0.25) is 0 Å². The van der Waals surface area contributed by atoms with Gasteiger partial charge in [-0.15, -0.1) is 45.3 Å². The number of ether oxygens (including phenoxy) is 1. The van der Waals surface area contributed by atoms with E-state index in [9.17, 15) is 43.6 Å². The molecule has 4 aliphatic rings. The van der Waals surface area contributed by atoms with Crippen molar-refractivity contribution in [2.24, 2.45) is 0 Å². The van der Waals surface area contributed by atoms with Gasteiger partial charge in [0.25, 0.3) is 10.0 Å². The van der Waals surface area contributed by atoms with Crippen LogP contribution in [0.25, 0.3) is 41.8 Å². The Hall–Kier alpha value is -8.41. The van der Waals surface area contributed by atoms with E-state index in [0.717, 1.165) is 210 Å². The number of carbonyl (C=O) groups is 1. The van der Waals surface area contributed by atoms with E-state index < -0.39 is 39.5 Å². The number of rotatable bonds is 22. The Morgan fingerprint density at radius 3 is 1.03 bits per heavy atom. The number of Topliss-reactive ketones (excluding diaryl/α,β-unsaturated/α-hetero) is 1. The monoisotopic (exact) mass is 1690 g/mol. The Bertz CT molecular complexity index is 5730. The Labute approximate surface area is 696 Å². The summed E-state index contributed by atoms with van der Waals surface area (Å²) in [6.07, 6.45) is 20.5. The zero-order valence-corrected chi connectivity index (χ0v) is 72.1. The first-order valence-corrected chi connectivity index (χ1v) is 49.4. The normalized spacial score (nSPS) is 15.4. The van der Waals surface area contributed by atoms with Gasteiger partial charge in [-0.25, -0.2) is 33.7 Å². The first-order valence-electron chi connectivity index (χ1n) is 40.1. The van der Waals surface area contributed by atoms with Crippen LogP contribution in [0.1, 0.15) is 183 Å². The molecule has 5 heterocycles. The highest BCUT2D eigenvalue weighted by molar-refractivity contribution is 7.95. The van der Waals surface area contributed by atoms with Crippen molar-refractivity contribution in [2.75, 3.05) is 20.2 Å². The first kappa shape index (κ1) is 84.5. The minimum absolute atomic E-state index is 0.0697. The number of carbonyl (C=O) groups excluding carboxylic acids is 1. The number of methoxy groups -OCH3 is 1. The molecule has 0 amide bonds. The van der Waals surface area contributed by atoms with Gasteiger partial charge in [-0.1, -0.05) is 240 Å². The van der Waals surface area contributed by atoms with E-state index in [4.69, 9.17) is 4.74 Å². The maximum atomic E-state index is 13.0. The van der Waals surface area contributed by atoms with Crippen LogP contribution in [0.15, 0.2) is 259 Å². The molecule has 0 atom stereocenters. The van der Waals surface area contributed by atoms with Gasteiger partial charge >= 0.3 is 0 Å². The summed E-state index contributed by atoms with van der Waals surface area (Å²) in [4.78, 5) is 15.4. The van der Waals surface area contributed by atoms with E-state index in [1.165, 1.54) is 73.2 Å². The van der Waals surface area contributed by atoms with Gasteiger partial charge < -0.3 is 9.84 Å². The average molecular weight is 1690 g/mol. The molecular formula is C95H101NO11S8. The predicted octanol–water partition coefficient (Wildman–Crippen LogP) is 23.7. The van der Waals surface area contributed by atoms with Crippen molar-refractivity contribution >= 4 is 90.7 Å². The number of ketones is 1. The molecule has 0 spiro atoms. The number of phenolic OH excluding ortho intramolecular Hbond substituents is 1. The minimum Gasteiger partial charge on any atom is -0.508 e. The molecular weight excluding hydrogens is 1590 g/mol. The molecule has 12 aromatic rings. The summed E-state index contributed by atoms with van der Waals surface area (Å²) in [5.74, 6) is 1.19. The summed E-state index contributed by atoms with van der Waals surface area (Å²) in [7, 11) is -11.3. The quantitative estimate of drug-likeness (QED) is 0.0636. The fourth-order valence-electron chi connectivity index (χ4n) is 15.6. The lowest BCUT2D eigenvalue weighted by Crippen LogP contribution is -2.35. The Kier molecular flexibility index (Phi) is 28.8. The van der Waals surface area contributed by atoms with Crippen LogP contribution in [-0.4, -0.2) is 84.8 Å². The number of aromatic hydroxyl groups is 1. The van der Waals surface area contributed by atoms with Crippen LogP contribution in [-0.2, 0) is 65.2 Å². The van der Waals surface area contributed by atoms with Crippen molar-refractivity contribution in [1.82, 2.24) is 4.31 Å². The molecule has 12 nitrogen and oxygen atoms in total. The summed E-state index contributed by atoms with van der Waals surface area (Å²) in [6.45, 7) is 4.91. The number of hydrogen-bond acceptors (Lipinski definition) is 15. The van der Waals surface area contributed by atoms with E-state index in [-0.39, 0.29) is 27.3 Å². The molecule has 4 fully saturated rings. The third-order valence-electron chi connectivity index (χ3n) is 22.1. The smallest absolute Gasteiger partial charge is 0.252 e. The number of nitrogens with zero attached hydrogens (tertiary/aromatic N) is 1. The summed E-state index contributed by atoms with van der Waals surface area (Å²) in [5.41, 5.74) is 15.6. The van der Waals surface area contributed by atoms with E-state index in [1.807, 2.05) is 115 Å². The molecule has 3 aliphatic carbocycles.